The van der Waals surface area contributed by atoms with Gasteiger partial charge in [0.2, 0.25) is 0 Å². The van der Waals surface area contributed by atoms with Crippen LogP contribution in [0.15, 0.2) is 41.3 Å². The first kappa shape index (κ1) is 14.0. The van der Waals surface area contributed by atoms with Gasteiger partial charge in [0.15, 0.2) is 0 Å². The van der Waals surface area contributed by atoms with Crippen molar-refractivity contribution < 1.29 is 8.60 Å². The number of hydrogen-bond acceptors (Lipinski definition) is 2. The second-order valence-corrected chi connectivity index (χ2v) is 6.11. The Morgan fingerprint density at radius 2 is 2.00 bits per heavy atom. The summed E-state index contributed by atoms with van der Waals surface area (Å²) in [4.78, 5) is 0.670. The predicted octanol–water partition coefficient (Wildman–Crippen LogP) is 3.68. The fourth-order valence-corrected chi connectivity index (χ4v) is 3.25. The summed E-state index contributed by atoms with van der Waals surface area (Å²) in [5.41, 5.74) is 7.50. The van der Waals surface area contributed by atoms with Crippen LogP contribution in [-0.4, -0.2) is 4.21 Å². The highest BCUT2D eigenvalue weighted by Crippen LogP contribution is 2.21. The maximum Gasteiger partial charge on any atom is 0.128 e. The lowest BCUT2D eigenvalue weighted by atomic mass is 10.2. The lowest BCUT2D eigenvalue weighted by molar-refractivity contribution is 0.615. The van der Waals surface area contributed by atoms with E-state index in [1.54, 1.807) is 30.3 Å². The number of anilines is 1. The van der Waals surface area contributed by atoms with Gasteiger partial charge in [-0.1, -0.05) is 17.7 Å². The van der Waals surface area contributed by atoms with Gasteiger partial charge in [0.05, 0.1) is 16.6 Å². The monoisotopic (exact) mass is 297 g/mol. The molecule has 1 atom stereocenters. The Morgan fingerprint density at radius 3 is 2.63 bits per heavy atom. The molecule has 2 N–H and O–H groups in total. The third-order valence-corrected chi connectivity index (χ3v) is 4.50. The van der Waals surface area contributed by atoms with E-state index in [-0.39, 0.29) is 5.75 Å². The zero-order valence-electron chi connectivity index (χ0n) is 10.3. The molecule has 0 fully saturated rings. The third kappa shape index (κ3) is 3.33. The zero-order valence-corrected chi connectivity index (χ0v) is 11.9. The van der Waals surface area contributed by atoms with Crippen LogP contribution in [0.1, 0.15) is 11.1 Å². The first-order valence-corrected chi connectivity index (χ1v) is 7.35. The molecule has 0 amide bonds. The molecule has 19 heavy (non-hydrogen) atoms. The Labute approximate surface area is 118 Å². The SMILES string of the molecule is Cc1cc(N)ccc1S(=O)Cc1ccc(Cl)cc1F. The largest absolute Gasteiger partial charge is 0.399 e. The van der Waals surface area contributed by atoms with Crippen LogP contribution in [0.2, 0.25) is 5.02 Å². The number of halogens is 2. The molecule has 0 heterocycles. The van der Waals surface area contributed by atoms with Crippen LogP contribution < -0.4 is 5.73 Å². The lowest BCUT2D eigenvalue weighted by Crippen LogP contribution is -2.01. The second kappa shape index (κ2) is 5.72. The van der Waals surface area contributed by atoms with E-state index in [0.717, 1.165) is 5.56 Å². The van der Waals surface area contributed by atoms with Gasteiger partial charge in [-0.3, -0.25) is 4.21 Å². The van der Waals surface area contributed by atoms with E-state index in [2.05, 4.69) is 0 Å². The normalized spacial score (nSPS) is 12.4. The van der Waals surface area contributed by atoms with Gasteiger partial charge in [-0.25, -0.2) is 4.39 Å². The average molecular weight is 298 g/mol. The molecule has 0 bridgehead atoms. The van der Waals surface area contributed by atoms with E-state index in [4.69, 9.17) is 17.3 Å². The molecule has 0 saturated carbocycles. The van der Waals surface area contributed by atoms with Crippen LogP contribution in [-0.2, 0) is 16.6 Å². The lowest BCUT2D eigenvalue weighted by Gasteiger charge is -2.08. The van der Waals surface area contributed by atoms with Crippen LogP contribution in [0.25, 0.3) is 0 Å². The van der Waals surface area contributed by atoms with Gasteiger partial charge in [0.1, 0.15) is 5.82 Å². The van der Waals surface area contributed by atoms with Crippen LogP contribution >= 0.6 is 11.6 Å². The molecule has 0 aliphatic carbocycles. The van der Waals surface area contributed by atoms with Crippen molar-refractivity contribution in [3.05, 3.63) is 58.4 Å². The summed E-state index contributed by atoms with van der Waals surface area (Å²) in [7, 11) is -1.31. The molecule has 2 aromatic rings. The van der Waals surface area contributed by atoms with Gasteiger partial charge in [0, 0.05) is 21.2 Å². The summed E-state index contributed by atoms with van der Waals surface area (Å²) < 4.78 is 25.9. The molecule has 5 heteroatoms. The van der Waals surface area contributed by atoms with Crippen molar-refractivity contribution >= 4 is 28.1 Å². The quantitative estimate of drug-likeness (QED) is 0.878. The highest BCUT2D eigenvalue weighted by atomic mass is 35.5. The summed E-state index contributed by atoms with van der Waals surface area (Å²) in [5, 5.41) is 0.329. The molecule has 0 saturated heterocycles. The number of rotatable bonds is 3. The van der Waals surface area contributed by atoms with Crippen LogP contribution in [0.3, 0.4) is 0 Å². The van der Waals surface area contributed by atoms with Crippen LogP contribution in [0.4, 0.5) is 10.1 Å². The summed E-state index contributed by atoms with van der Waals surface area (Å²) in [5.74, 6) is -0.317. The highest BCUT2D eigenvalue weighted by Gasteiger charge is 2.11. The van der Waals surface area contributed by atoms with E-state index in [1.807, 2.05) is 6.92 Å². The Balaban J connectivity index is 2.25. The molecule has 0 aliphatic rings. The second-order valence-electron chi connectivity index (χ2n) is 4.25. The Bertz CT molecular complexity index is 645. The minimum atomic E-state index is -1.31. The number of aryl methyl sites for hydroxylation is 1. The van der Waals surface area contributed by atoms with Crippen molar-refractivity contribution in [2.24, 2.45) is 0 Å². The van der Waals surface area contributed by atoms with Crippen LogP contribution in [0.5, 0.6) is 0 Å². The van der Waals surface area contributed by atoms with Gasteiger partial charge in [-0.2, -0.15) is 0 Å². The van der Waals surface area contributed by atoms with Crippen molar-refractivity contribution in [3.8, 4) is 0 Å². The minimum absolute atomic E-state index is 0.119. The molecule has 2 nitrogen and oxygen atoms in total. The Morgan fingerprint density at radius 1 is 1.26 bits per heavy atom. The first-order valence-electron chi connectivity index (χ1n) is 5.66. The van der Waals surface area contributed by atoms with Gasteiger partial charge in [-0.05, 0) is 42.8 Å². The summed E-state index contributed by atoms with van der Waals surface area (Å²) in [6.07, 6.45) is 0. The summed E-state index contributed by atoms with van der Waals surface area (Å²) in [6, 6.07) is 9.54. The predicted molar refractivity (Wildman–Crippen MR) is 77.1 cm³/mol. The van der Waals surface area contributed by atoms with Crippen LogP contribution in [0, 0.1) is 12.7 Å². The third-order valence-electron chi connectivity index (χ3n) is 2.75. The van der Waals surface area contributed by atoms with E-state index < -0.39 is 16.6 Å². The maximum absolute atomic E-state index is 13.7. The van der Waals surface area contributed by atoms with Crippen molar-refractivity contribution in [1.82, 2.24) is 0 Å². The van der Waals surface area contributed by atoms with Gasteiger partial charge >= 0.3 is 0 Å². The Kier molecular flexibility index (Phi) is 4.22. The van der Waals surface area contributed by atoms with Crippen molar-refractivity contribution in [2.75, 3.05) is 5.73 Å². The molecule has 0 aromatic heterocycles. The number of nitrogen functional groups attached to an aromatic ring is 1. The van der Waals surface area contributed by atoms with Crippen molar-refractivity contribution in [1.29, 1.82) is 0 Å². The molecular formula is C14H13ClFNOS. The van der Waals surface area contributed by atoms with Gasteiger partial charge < -0.3 is 5.73 Å². The standard InChI is InChI=1S/C14H13ClFNOS/c1-9-6-12(17)4-5-14(9)19(18)8-10-2-3-11(15)7-13(10)16/h2-7H,8,17H2,1H3. The maximum atomic E-state index is 13.7. The number of nitrogens with two attached hydrogens (primary N) is 1. The molecule has 0 radical (unpaired) electrons. The average Bonchev–Trinajstić information content (AvgIpc) is 2.32. The number of benzene rings is 2. The topological polar surface area (TPSA) is 43.1 Å². The summed E-state index contributed by atoms with van der Waals surface area (Å²) in [6.45, 7) is 1.84. The molecular weight excluding hydrogens is 285 g/mol. The van der Waals surface area contributed by atoms with Crippen molar-refractivity contribution in [3.63, 3.8) is 0 Å². The fourth-order valence-electron chi connectivity index (χ4n) is 1.79. The number of hydrogen-bond donors (Lipinski definition) is 1. The smallest absolute Gasteiger partial charge is 0.128 e. The molecule has 100 valence electrons. The zero-order chi connectivity index (χ0) is 14.0. The van der Waals surface area contributed by atoms with Crippen molar-refractivity contribution in [2.45, 2.75) is 17.6 Å². The fraction of sp³-hybridized carbons (Fsp3) is 0.143. The van der Waals surface area contributed by atoms with Gasteiger partial charge in [0.25, 0.3) is 0 Å². The Hall–Kier alpha value is -1.39. The minimum Gasteiger partial charge on any atom is -0.399 e. The van der Waals surface area contributed by atoms with E-state index in [1.165, 1.54) is 6.07 Å². The molecule has 0 aliphatic heterocycles. The van der Waals surface area contributed by atoms with Gasteiger partial charge in [-0.15, -0.1) is 0 Å². The first-order chi connectivity index (χ1) is 8.97. The van der Waals surface area contributed by atoms with E-state index in [0.29, 0.717) is 21.2 Å². The molecule has 2 rings (SSSR count). The van der Waals surface area contributed by atoms with E-state index in [9.17, 15) is 8.60 Å². The highest BCUT2D eigenvalue weighted by molar-refractivity contribution is 7.84. The molecule has 2 aromatic carbocycles. The summed E-state index contributed by atoms with van der Waals surface area (Å²) >= 11 is 5.68. The van der Waals surface area contributed by atoms with E-state index >= 15 is 0 Å². The molecule has 0 spiro atoms. The molecule has 1 unspecified atom stereocenters.